The number of nitrogens with zero attached hydrogens (tertiary/aromatic N) is 1. The van der Waals surface area contributed by atoms with Gasteiger partial charge in [0.2, 0.25) is 0 Å². The lowest BCUT2D eigenvalue weighted by molar-refractivity contribution is 0.0689. The van der Waals surface area contributed by atoms with Crippen LogP contribution in [0.15, 0.2) is 40.2 Å². The molecular formula is C17H29N3O2S. The van der Waals surface area contributed by atoms with Gasteiger partial charge >= 0.3 is 0 Å². The summed E-state index contributed by atoms with van der Waals surface area (Å²) < 4.78 is 10.4. The van der Waals surface area contributed by atoms with E-state index in [0.717, 1.165) is 44.3 Å². The Bertz CT molecular complexity index is 416. The van der Waals surface area contributed by atoms with Gasteiger partial charge in [0.15, 0.2) is 5.96 Å². The van der Waals surface area contributed by atoms with Crippen LogP contribution in [0.3, 0.4) is 0 Å². The number of benzene rings is 1. The Hall–Kier alpha value is -1.24. The molecule has 0 saturated heterocycles. The fourth-order valence-corrected chi connectivity index (χ4v) is 2.65. The monoisotopic (exact) mass is 339 g/mol. The van der Waals surface area contributed by atoms with Gasteiger partial charge in [-0.2, -0.15) is 0 Å². The number of guanidine groups is 1. The second kappa shape index (κ2) is 14.4. The van der Waals surface area contributed by atoms with Gasteiger partial charge in [-0.25, -0.2) is 0 Å². The first-order valence-electron chi connectivity index (χ1n) is 8.06. The van der Waals surface area contributed by atoms with Crippen LogP contribution in [0.1, 0.15) is 12.8 Å². The van der Waals surface area contributed by atoms with E-state index in [1.54, 1.807) is 14.2 Å². The van der Waals surface area contributed by atoms with Crippen LogP contribution in [0.4, 0.5) is 0 Å². The summed E-state index contributed by atoms with van der Waals surface area (Å²) in [5.74, 6) is 1.87. The van der Waals surface area contributed by atoms with Crippen molar-refractivity contribution in [2.24, 2.45) is 4.99 Å². The number of nitrogens with one attached hydrogen (secondary N) is 2. The lowest BCUT2D eigenvalue weighted by atomic mass is 10.3. The largest absolute Gasteiger partial charge is 0.382 e. The van der Waals surface area contributed by atoms with E-state index < -0.39 is 0 Å². The lowest BCUT2D eigenvalue weighted by Gasteiger charge is -2.11. The molecule has 0 heterocycles. The SMILES string of the molecule is CN=C(NCCCCOCCOC)NCCSc1ccccc1. The molecule has 0 amide bonds. The molecule has 1 aromatic rings. The Morgan fingerprint density at radius 1 is 1.04 bits per heavy atom. The summed E-state index contributed by atoms with van der Waals surface area (Å²) in [7, 11) is 3.48. The van der Waals surface area contributed by atoms with Crippen molar-refractivity contribution in [2.75, 3.05) is 52.8 Å². The summed E-state index contributed by atoms with van der Waals surface area (Å²) in [6, 6.07) is 10.4. The first kappa shape index (κ1) is 19.8. The summed E-state index contributed by atoms with van der Waals surface area (Å²) in [5, 5.41) is 6.65. The number of methoxy groups -OCH3 is 1. The van der Waals surface area contributed by atoms with Gasteiger partial charge in [-0.15, -0.1) is 11.8 Å². The minimum atomic E-state index is 0.663. The zero-order valence-corrected chi connectivity index (χ0v) is 15.0. The van der Waals surface area contributed by atoms with Gasteiger partial charge in [-0.1, -0.05) is 18.2 Å². The molecule has 0 aliphatic rings. The third-order valence-electron chi connectivity index (χ3n) is 3.07. The fourth-order valence-electron chi connectivity index (χ4n) is 1.86. The van der Waals surface area contributed by atoms with Crippen LogP contribution < -0.4 is 10.6 Å². The Morgan fingerprint density at radius 2 is 1.83 bits per heavy atom. The van der Waals surface area contributed by atoms with Gasteiger partial charge in [-0.05, 0) is 25.0 Å². The molecule has 0 atom stereocenters. The predicted molar refractivity (Wildman–Crippen MR) is 98.5 cm³/mol. The lowest BCUT2D eigenvalue weighted by Crippen LogP contribution is -2.38. The van der Waals surface area contributed by atoms with Crippen LogP contribution >= 0.6 is 11.8 Å². The van der Waals surface area contributed by atoms with Crippen molar-refractivity contribution in [3.63, 3.8) is 0 Å². The molecule has 1 rings (SSSR count). The minimum absolute atomic E-state index is 0.663. The van der Waals surface area contributed by atoms with Crippen LogP contribution in [0, 0.1) is 0 Å². The van der Waals surface area contributed by atoms with Crippen LogP contribution in [0.2, 0.25) is 0 Å². The minimum Gasteiger partial charge on any atom is -0.382 e. The molecule has 0 unspecified atom stereocenters. The number of thioether (sulfide) groups is 1. The van der Waals surface area contributed by atoms with Gasteiger partial charge in [0, 0.05) is 44.5 Å². The maximum Gasteiger partial charge on any atom is 0.191 e. The third kappa shape index (κ3) is 11.0. The molecule has 0 saturated carbocycles. The quantitative estimate of drug-likeness (QED) is 0.265. The molecule has 0 spiro atoms. The van der Waals surface area contributed by atoms with E-state index in [1.807, 2.05) is 17.8 Å². The van der Waals surface area contributed by atoms with Crippen LogP contribution in [-0.2, 0) is 9.47 Å². The van der Waals surface area contributed by atoms with E-state index >= 15 is 0 Å². The van der Waals surface area contributed by atoms with E-state index in [2.05, 4.69) is 39.9 Å². The maximum atomic E-state index is 5.43. The Balaban J connectivity index is 1.97. The predicted octanol–water partition coefficient (Wildman–Crippen LogP) is 2.39. The molecule has 1 aromatic carbocycles. The highest BCUT2D eigenvalue weighted by Gasteiger charge is 1.98. The molecule has 0 aromatic heterocycles. The third-order valence-corrected chi connectivity index (χ3v) is 4.08. The average molecular weight is 340 g/mol. The molecule has 6 heteroatoms. The van der Waals surface area contributed by atoms with Crippen molar-refractivity contribution in [1.29, 1.82) is 0 Å². The second-order valence-electron chi connectivity index (χ2n) is 4.90. The summed E-state index contributed by atoms with van der Waals surface area (Å²) in [6.07, 6.45) is 2.10. The zero-order chi connectivity index (χ0) is 16.6. The first-order chi connectivity index (χ1) is 11.4. The normalized spacial score (nSPS) is 11.5. The van der Waals surface area contributed by atoms with E-state index in [9.17, 15) is 0 Å². The maximum absolute atomic E-state index is 5.43. The first-order valence-corrected chi connectivity index (χ1v) is 9.04. The molecular weight excluding hydrogens is 310 g/mol. The smallest absolute Gasteiger partial charge is 0.191 e. The van der Waals surface area contributed by atoms with Crippen molar-refractivity contribution < 1.29 is 9.47 Å². The Kier molecular flexibility index (Phi) is 12.4. The van der Waals surface area contributed by atoms with Crippen molar-refractivity contribution in [3.8, 4) is 0 Å². The summed E-state index contributed by atoms with van der Waals surface area (Å²) in [5.41, 5.74) is 0. The molecule has 2 N–H and O–H groups in total. The highest BCUT2D eigenvalue weighted by atomic mass is 32.2. The molecule has 130 valence electrons. The van der Waals surface area contributed by atoms with Crippen molar-refractivity contribution in [2.45, 2.75) is 17.7 Å². The zero-order valence-electron chi connectivity index (χ0n) is 14.2. The summed E-state index contributed by atoms with van der Waals surface area (Å²) >= 11 is 1.84. The molecule has 5 nitrogen and oxygen atoms in total. The fraction of sp³-hybridized carbons (Fsp3) is 0.588. The van der Waals surface area contributed by atoms with Crippen LogP contribution in [0.25, 0.3) is 0 Å². The topological polar surface area (TPSA) is 54.9 Å². The van der Waals surface area contributed by atoms with Crippen LogP contribution in [-0.4, -0.2) is 58.8 Å². The summed E-state index contributed by atoms with van der Waals surface area (Å²) in [4.78, 5) is 5.53. The van der Waals surface area contributed by atoms with E-state index in [4.69, 9.17) is 9.47 Å². The van der Waals surface area contributed by atoms with Gasteiger partial charge in [-0.3, -0.25) is 4.99 Å². The van der Waals surface area contributed by atoms with Gasteiger partial charge < -0.3 is 20.1 Å². The molecule has 0 fully saturated rings. The molecule has 0 bridgehead atoms. The highest BCUT2D eigenvalue weighted by Crippen LogP contribution is 2.15. The standard InChI is InChI=1S/C17H29N3O2S/c1-18-17(19-10-6-7-12-22-14-13-21-2)20-11-15-23-16-8-4-3-5-9-16/h3-5,8-9H,6-7,10-15H2,1-2H3,(H2,18,19,20). The average Bonchev–Trinajstić information content (AvgIpc) is 2.60. The van der Waals surface area contributed by atoms with Crippen molar-refractivity contribution in [1.82, 2.24) is 10.6 Å². The van der Waals surface area contributed by atoms with Gasteiger partial charge in [0.25, 0.3) is 0 Å². The van der Waals surface area contributed by atoms with E-state index in [0.29, 0.717) is 13.2 Å². The van der Waals surface area contributed by atoms with Crippen molar-refractivity contribution >= 4 is 17.7 Å². The number of rotatable bonds is 12. The number of unbranched alkanes of at least 4 members (excludes halogenated alkanes) is 1. The van der Waals surface area contributed by atoms with Crippen molar-refractivity contribution in [3.05, 3.63) is 30.3 Å². The number of hydrogen-bond donors (Lipinski definition) is 2. The molecule has 23 heavy (non-hydrogen) atoms. The molecule has 0 radical (unpaired) electrons. The van der Waals surface area contributed by atoms with Gasteiger partial charge in [0.1, 0.15) is 0 Å². The van der Waals surface area contributed by atoms with E-state index in [1.165, 1.54) is 4.90 Å². The molecule has 0 aliphatic carbocycles. The highest BCUT2D eigenvalue weighted by molar-refractivity contribution is 7.99. The second-order valence-corrected chi connectivity index (χ2v) is 6.07. The van der Waals surface area contributed by atoms with Crippen LogP contribution in [0.5, 0.6) is 0 Å². The van der Waals surface area contributed by atoms with E-state index in [-0.39, 0.29) is 0 Å². The molecule has 0 aliphatic heterocycles. The summed E-state index contributed by atoms with van der Waals surface area (Å²) in [6.45, 7) is 3.91. The number of ether oxygens (including phenoxy) is 2. The van der Waals surface area contributed by atoms with Gasteiger partial charge in [0.05, 0.1) is 13.2 Å². The Labute approximate surface area is 144 Å². The Morgan fingerprint density at radius 3 is 2.57 bits per heavy atom. The number of hydrogen-bond acceptors (Lipinski definition) is 4. The number of aliphatic imine (C=N–C) groups is 1.